The van der Waals surface area contributed by atoms with Gasteiger partial charge in [-0.05, 0) is 46.3 Å². The molecule has 2 aromatic carbocycles. The molecule has 0 fully saturated rings. The second-order valence-corrected chi connectivity index (χ2v) is 7.01. The van der Waals surface area contributed by atoms with Gasteiger partial charge < -0.3 is 5.73 Å². The normalized spacial score (nSPS) is 11.1. The second-order valence-electron chi connectivity index (χ2n) is 4.09. The highest BCUT2D eigenvalue weighted by Gasteiger charge is 2.18. The van der Waals surface area contributed by atoms with Crippen LogP contribution in [0.2, 0.25) is 5.02 Å². The van der Waals surface area contributed by atoms with Crippen molar-refractivity contribution in [2.75, 3.05) is 4.72 Å². The van der Waals surface area contributed by atoms with Crippen LogP contribution in [0.3, 0.4) is 0 Å². The van der Waals surface area contributed by atoms with E-state index in [0.29, 0.717) is 4.47 Å². The highest BCUT2D eigenvalue weighted by molar-refractivity contribution is 9.10. The van der Waals surface area contributed by atoms with Crippen molar-refractivity contribution in [3.63, 3.8) is 0 Å². The molecule has 0 aliphatic rings. The zero-order valence-corrected chi connectivity index (χ0v) is 13.7. The van der Waals surface area contributed by atoms with Gasteiger partial charge in [-0.1, -0.05) is 23.7 Å². The fourth-order valence-corrected chi connectivity index (χ4v) is 3.91. The maximum Gasteiger partial charge on any atom is 0.263 e. The largest absolute Gasteiger partial charge is 0.366 e. The highest BCUT2D eigenvalue weighted by atomic mass is 79.9. The molecule has 5 nitrogen and oxygen atoms in total. The molecule has 110 valence electrons. The van der Waals surface area contributed by atoms with E-state index in [1.54, 1.807) is 18.2 Å². The number of rotatable bonds is 4. The summed E-state index contributed by atoms with van der Waals surface area (Å²) in [7, 11) is -3.79. The number of primary amides is 1. The summed E-state index contributed by atoms with van der Waals surface area (Å²) in [6.07, 6.45) is 0. The van der Waals surface area contributed by atoms with Crippen LogP contribution in [0.25, 0.3) is 0 Å². The predicted octanol–water partition coefficient (Wildman–Crippen LogP) is 3.00. The molecule has 0 heterocycles. The molecule has 0 bridgehead atoms. The van der Waals surface area contributed by atoms with Crippen LogP contribution in [0.5, 0.6) is 0 Å². The summed E-state index contributed by atoms with van der Waals surface area (Å²) in [4.78, 5) is 11.3. The lowest BCUT2D eigenvalue weighted by Gasteiger charge is -2.10. The van der Waals surface area contributed by atoms with E-state index in [1.807, 2.05) is 0 Å². The first-order valence-corrected chi connectivity index (χ1v) is 8.33. The number of carbonyl (C=O) groups excluding carboxylic acids is 1. The quantitative estimate of drug-likeness (QED) is 0.842. The first-order valence-electron chi connectivity index (χ1n) is 5.68. The molecule has 0 aromatic heterocycles. The minimum absolute atomic E-state index is 0.0454. The van der Waals surface area contributed by atoms with Crippen molar-refractivity contribution in [2.45, 2.75) is 4.90 Å². The van der Waals surface area contributed by atoms with Crippen LogP contribution in [0.1, 0.15) is 10.4 Å². The lowest BCUT2D eigenvalue weighted by Crippen LogP contribution is -2.15. The summed E-state index contributed by atoms with van der Waals surface area (Å²) in [5.74, 6) is -0.734. The predicted molar refractivity (Wildman–Crippen MR) is 84.9 cm³/mol. The van der Waals surface area contributed by atoms with Crippen LogP contribution < -0.4 is 10.5 Å². The van der Waals surface area contributed by atoms with Gasteiger partial charge >= 0.3 is 0 Å². The van der Waals surface area contributed by atoms with E-state index in [-0.39, 0.29) is 21.2 Å². The van der Waals surface area contributed by atoms with E-state index < -0.39 is 15.9 Å². The molecule has 0 unspecified atom stereocenters. The molecule has 1 amide bonds. The van der Waals surface area contributed by atoms with Gasteiger partial charge in [0.25, 0.3) is 10.0 Å². The molecule has 0 aliphatic heterocycles. The number of benzene rings is 2. The molecule has 8 heteroatoms. The minimum atomic E-state index is -3.79. The number of hydrogen-bond donors (Lipinski definition) is 2. The van der Waals surface area contributed by atoms with Crippen molar-refractivity contribution in [1.82, 2.24) is 0 Å². The molecule has 0 aliphatic carbocycles. The number of nitrogens with two attached hydrogens (primary N) is 1. The maximum atomic E-state index is 12.3. The Morgan fingerprint density at radius 1 is 1.19 bits per heavy atom. The van der Waals surface area contributed by atoms with Gasteiger partial charge in [-0.15, -0.1) is 0 Å². The summed E-state index contributed by atoms with van der Waals surface area (Å²) >= 11 is 9.00. The zero-order valence-electron chi connectivity index (χ0n) is 10.5. The Labute approximate surface area is 135 Å². The van der Waals surface area contributed by atoms with Crippen molar-refractivity contribution in [2.24, 2.45) is 5.73 Å². The van der Waals surface area contributed by atoms with E-state index in [0.717, 1.165) is 0 Å². The molecule has 3 N–H and O–H groups in total. The Bertz CT molecular complexity index is 809. The third-order valence-corrected chi connectivity index (χ3v) is 5.33. The minimum Gasteiger partial charge on any atom is -0.366 e. The van der Waals surface area contributed by atoms with Crippen LogP contribution in [0.4, 0.5) is 5.69 Å². The standard InChI is InChI=1S/C13H10BrClN2O3S/c14-10-3-1-2-4-12(10)21(19,20)17-8-5-6-11(15)9(7-8)13(16)18/h1-7,17H,(H2,16,18). The number of halogens is 2. The Morgan fingerprint density at radius 3 is 2.48 bits per heavy atom. The third kappa shape index (κ3) is 3.55. The van der Waals surface area contributed by atoms with E-state index >= 15 is 0 Å². The van der Waals surface area contributed by atoms with Gasteiger partial charge in [-0.3, -0.25) is 9.52 Å². The lowest BCUT2D eigenvalue weighted by molar-refractivity contribution is 0.100. The van der Waals surface area contributed by atoms with Crippen LogP contribution in [-0.4, -0.2) is 14.3 Å². The number of nitrogens with one attached hydrogen (secondary N) is 1. The summed E-state index contributed by atoms with van der Waals surface area (Å²) in [6, 6.07) is 10.5. The Kier molecular flexibility index (Phi) is 4.55. The summed E-state index contributed by atoms with van der Waals surface area (Å²) in [6.45, 7) is 0. The van der Waals surface area contributed by atoms with Gasteiger partial charge in [0.15, 0.2) is 0 Å². The number of sulfonamides is 1. The number of anilines is 1. The summed E-state index contributed by atoms with van der Waals surface area (Å²) in [5.41, 5.74) is 5.42. The molecular weight excluding hydrogens is 380 g/mol. The van der Waals surface area contributed by atoms with E-state index in [2.05, 4.69) is 20.7 Å². The van der Waals surface area contributed by atoms with Gasteiger partial charge in [0.05, 0.1) is 10.6 Å². The molecule has 2 aromatic rings. The van der Waals surface area contributed by atoms with Crippen molar-refractivity contribution in [3.05, 3.63) is 57.5 Å². The van der Waals surface area contributed by atoms with Crippen molar-refractivity contribution < 1.29 is 13.2 Å². The van der Waals surface area contributed by atoms with E-state index in [9.17, 15) is 13.2 Å². The summed E-state index contributed by atoms with van der Waals surface area (Å²) in [5, 5.41) is 0.159. The third-order valence-electron chi connectivity index (χ3n) is 2.61. The van der Waals surface area contributed by atoms with Gasteiger partial charge in [0.2, 0.25) is 5.91 Å². The molecule has 0 radical (unpaired) electrons. The molecular formula is C13H10BrClN2O3S. The van der Waals surface area contributed by atoms with Crippen molar-refractivity contribution in [3.8, 4) is 0 Å². The maximum absolute atomic E-state index is 12.3. The van der Waals surface area contributed by atoms with Crippen LogP contribution in [0.15, 0.2) is 51.8 Å². The first kappa shape index (κ1) is 15.8. The van der Waals surface area contributed by atoms with E-state index in [1.165, 1.54) is 24.3 Å². The molecule has 0 atom stereocenters. The van der Waals surface area contributed by atoms with E-state index in [4.69, 9.17) is 17.3 Å². The van der Waals surface area contributed by atoms with Crippen molar-refractivity contribution in [1.29, 1.82) is 0 Å². The fraction of sp³-hybridized carbons (Fsp3) is 0. The average Bonchev–Trinajstić information content (AvgIpc) is 2.40. The van der Waals surface area contributed by atoms with Gasteiger partial charge in [-0.25, -0.2) is 8.42 Å². The Balaban J connectivity index is 2.40. The fourth-order valence-electron chi connectivity index (χ4n) is 1.65. The van der Waals surface area contributed by atoms with Gasteiger partial charge in [0, 0.05) is 10.2 Å². The monoisotopic (exact) mass is 388 g/mol. The highest BCUT2D eigenvalue weighted by Crippen LogP contribution is 2.26. The zero-order chi connectivity index (χ0) is 15.6. The average molecular weight is 390 g/mol. The smallest absolute Gasteiger partial charge is 0.263 e. The molecule has 21 heavy (non-hydrogen) atoms. The second kappa shape index (κ2) is 6.05. The topological polar surface area (TPSA) is 89.3 Å². The van der Waals surface area contributed by atoms with Crippen LogP contribution >= 0.6 is 27.5 Å². The summed E-state index contributed by atoms with van der Waals surface area (Å²) < 4.78 is 27.4. The van der Waals surface area contributed by atoms with Crippen molar-refractivity contribution >= 4 is 49.1 Å². The van der Waals surface area contributed by atoms with Crippen LogP contribution in [0, 0.1) is 0 Å². The number of carbonyl (C=O) groups is 1. The molecule has 0 spiro atoms. The number of hydrogen-bond acceptors (Lipinski definition) is 3. The number of amides is 1. The lowest BCUT2D eigenvalue weighted by atomic mass is 10.2. The van der Waals surface area contributed by atoms with Crippen LogP contribution in [-0.2, 0) is 10.0 Å². The first-order chi connectivity index (χ1) is 9.81. The SMILES string of the molecule is NC(=O)c1cc(NS(=O)(=O)c2ccccc2Br)ccc1Cl. The molecule has 0 saturated carbocycles. The van der Waals surface area contributed by atoms with Gasteiger partial charge in [0.1, 0.15) is 4.90 Å². The van der Waals surface area contributed by atoms with Gasteiger partial charge in [-0.2, -0.15) is 0 Å². The molecule has 0 saturated heterocycles. The Hall–Kier alpha value is -1.57. The molecule has 2 rings (SSSR count). The Morgan fingerprint density at radius 2 is 1.86 bits per heavy atom.